The Kier molecular flexibility index (Phi) is 2.13. The summed E-state index contributed by atoms with van der Waals surface area (Å²) in [6.07, 6.45) is 0.722. The van der Waals surface area contributed by atoms with Gasteiger partial charge < -0.3 is 0 Å². The minimum atomic E-state index is -0.0852. The van der Waals surface area contributed by atoms with Crippen molar-refractivity contribution in [1.82, 2.24) is 0 Å². The summed E-state index contributed by atoms with van der Waals surface area (Å²) in [4.78, 5) is 25.0. The van der Waals surface area contributed by atoms with Crippen LogP contribution in [0.1, 0.15) is 6.42 Å². The van der Waals surface area contributed by atoms with Gasteiger partial charge in [-0.3, -0.25) is 9.59 Å². The summed E-state index contributed by atoms with van der Waals surface area (Å²) in [5, 5.41) is 0.569. The number of carbonyl (C=O) groups is 2. The molecular weight excluding hydrogens is 293 g/mol. The summed E-state index contributed by atoms with van der Waals surface area (Å²) in [5.41, 5.74) is 0.589. The molecule has 2 amide bonds. The third-order valence-corrected chi connectivity index (χ3v) is 3.89. The van der Waals surface area contributed by atoms with Crippen molar-refractivity contribution in [2.75, 3.05) is 4.90 Å². The van der Waals surface area contributed by atoms with Gasteiger partial charge in [0.15, 0.2) is 0 Å². The number of carbonyl (C=O) groups excluding carboxylic acids is 2. The highest BCUT2D eigenvalue weighted by Gasteiger charge is 2.59. The van der Waals surface area contributed by atoms with E-state index in [9.17, 15) is 9.59 Å². The van der Waals surface area contributed by atoms with Gasteiger partial charge in [0.1, 0.15) is 0 Å². The van der Waals surface area contributed by atoms with Crippen molar-refractivity contribution in [1.29, 1.82) is 0 Å². The maximum Gasteiger partial charge on any atom is 0.237 e. The fourth-order valence-electron chi connectivity index (χ4n) is 2.08. The van der Waals surface area contributed by atoms with Gasteiger partial charge in [-0.2, -0.15) is 0 Å². The van der Waals surface area contributed by atoms with Crippen LogP contribution in [0.2, 0.25) is 5.02 Å². The standard InChI is InChI=1S/C11H7BrClNO2/c12-8-3-5(13)1-2-9(8)14-10(15)6-4-7(6)11(14)16/h1-3,6-7H,4H2. The SMILES string of the molecule is O=C1C2CC2C(=O)N1c1ccc(Cl)cc1Br. The van der Waals surface area contributed by atoms with Crippen molar-refractivity contribution in [3.8, 4) is 0 Å². The monoisotopic (exact) mass is 299 g/mol. The van der Waals surface area contributed by atoms with Gasteiger partial charge in [0.25, 0.3) is 0 Å². The maximum absolute atomic E-state index is 11.8. The van der Waals surface area contributed by atoms with Gasteiger partial charge in [-0.1, -0.05) is 11.6 Å². The van der Waals surface area contributed by atoms with Gasteiger partial charge in [0, 0.05) is 9.50 Å². The smallest absolute Gasteiger partial charge is 0.237 e. The molecule has 0 spiro atoms. The van der Waals surface area contributed by atoms with Crippen LogP contribution in [0, 0.1) is 11.8 Å². The molecule has 2 unspecified atom stereocenters. The molecule has 3 rings (SSSR count). The Labute approximate surface area is 105 Å². The summed E-state index contributed by atoms with van der Waals surface area (Å²) in [7, 11) is 0. The topological polar surface area (TPSA) is 37.4 Å². The van der Waals surface area contributed by atoms with Gasteiger partial charge in [0.05, 0.1) is 17.5 Å². The minimum Gasteiger partial charge on any atom is -0.274 e. The third kappa shape index (κ3) is 1.33. The number of halogens is 2. The van der Waals surface area contributed by atoms with Crippen molar-refractivity contribution >= 4 is 45.0 Å². The molecule has 3 nitrogen and oxygen atoms in total. The van der Waals surface area contributed by atoms with E-state index in [1.165, 1.54) is 4.90 Å². The largest absolute Gasteiger partial charge is 0.274 e. The molecule has 0 N–H and O–H groups in total. The fraction of sp³-hybridized carbons (Fsp3) is 0.273. The van der Waals surface area contributed by atoms with Crippen LogP contribution in [0.25, 0.3) is 0 Å². The molecule has 1 aliphatic heterocycles. The lowest BCUT2D eigenvalue weighted by atomic mass is 10.2. The van der Waals surface area contributed by atoms with Gasteiger partial charge in [-0.25, -0.2) is 4.90 Å². The van der Waals surface area contributed by atoms with Gasteiger partial charge in [-0.15, -0.1) is 0 Å². The number of nitrogens with zero attached hydrogens (tertiary/aromatic N) is 1. The second-order valence-corrected chi connectivity index (χ2v) is 5.35. The van der Waals surface area contributed by atoms with E-state index in [4.69, 9.17) is 11.6 Å². The first-order valence-electron chi connectivity index (χ1n) is 4.92. The zero-order valence-corrected chi connectivity index (χ0v) is 10.5. The number of fused-ring (bicyclic) bond motifs is 1. The van der Waals surface area contributed by atoms with E-state index in [0.29, 0.717) is 15.2 Å². The Balaban J connectivity index is 2.04. The number of hydrogen-bond donors (Lipinski definition) is 0. The summed E-state index contributed by atoms with van der Waals surface area (Å²) < 4.78 is 0.669. The molecule has 2 aliphatic rings. The highest BCUT2D eigenvalue weighted by molar-refractivity contribution is 9.10. The molecule has 2 atom stereocenters. The van der Waals surface area contributed by atoms with Crippen LogP contribution in [-0.2, 0) is 9.59 Å². The van der Waals surface area contributed by atoms with Gasteiger partial charge in [0.2, 0.25) is 11.8 Å². The average Bonchev–Trinajstić information content (AvgIpc) is 2.96. The molecule has 82 valence electrons. The van der Waals surface area contributed by atoms with Crippen LogP contribution in [0.3, 0.4) is 0 Å². The molecule has 5 heteroatoms. The summed E-state index contributed by atoms with van der Waals surface area (Å²) in [6, 6.07) is 5.04. The van der Waals surface area contributed by atoms with E-state index in [2.05, 4.69) is 15.9 Å². The number of rotatable bonds is 1. The molecule has 2 fully saturated rings. The van der Waals surface area contributed by atoms with Crippen LogP contribution in [-0.4, -0.2) is 11.8 Å². The quantitative estimate of drug-likeness (QED) is 0.748. The van der Waals surface area contributed by atoms with Crippen molar-refractivity contribution in [3.05, 3.63) is 27.7 Å². The molecule has 1 saturated heterocycles. The zero-order chi connectivity index (χ0) is 11.4. The number of piperidine rings is 1. The molecule has 1 saturated carbocycles. The van der Waals surface area contributed by atoms with Crippen LogP contribution >= 0.6 is 27.5 Å². The Bertz CT molecular complexity index is 497. The molecule has 0 bridgehead atoms. The van der Waals surface area contributed by atoms with Crippen molar-refractivity contribution in [3.63, 3.8) is 0 Å². The van der Waals surface area contributed by atoms with E-state index < -0.39 is 0 Å². The predicted molar refractivity (Wildman–Crippen MR) is 63.2 cm³/mol. The van der Waals surface area contributed by atoms with E-state index in [1.807, 2.05) is 0 Å². The normalized spacial score (nSPS) is 27.2. The van der Waals surface area contributed by atoms with E-state index in [-0.39, 0.29) is 23.7 Å². The van der Waals surface area contributed by atoms with E-state index in [1.54, 1.807) is 18.2 Å². The number of imide groups is 1. The van der Waals surface area contributed by atoms with Crippen molar-refractivity contribution in [2.24, 2.45) is 11.8 Å². The zero-order valence-electron chi connectivity index (χ0n) is 8.11. The van der Waals surface area contributed by atoms with E-state index >= 15 is 0 Å². The molecule has 1 aliphatic carbocycles. The number of amides is 2. The first kappa shape index (κ1) is 10.3. The molecule has 16 heavy (non-hydrogen) atoms. The van der Waals surface area contributed by atoms with Gasteiger partial charge in [-0.05, 0) is 40.5 Å². The third-order valence-electron chi connectivity index (χ3n) is 3.02. The molecule has 0 radical (unpaired) electrons. The van der Waals surface area contributed by atoms with E-state index in [0.717, 1.165) is 6.42 Å². The second kappa shape index (κ2) is 3.31. The first-order valence-corrected chi connectivity index (χ1v) is 6.09. The highest BCUT2D eigenvalue weighted by Crippen LogP contribution is 2.49. The van der Waals surface area contributed by atoms with Crippen LogP contribution in [0.5, 0.6) is 0 Å². The Hall–Kier alpha value is -0.870. The number of hydrogen-bond acceptors (Lipinski definition) is 2. The van der Waals surface area contributed by atoms with Gasteiger partial charge >= 0.3 is 0 Å². The Morgan fingerprint density at radius 1 is 1.25 bits per heavy atom. The summed E-state index contributed by atoms with van der Waals surface area (Å²) in [6.45, 7) is 0. The fourth-order valence-corrected chi connectivity index (χ4v) is 2.94. The van der Waals surface area contributed by atoms with Crippen LogP contribution in [0.4, 0.5) is 5.69 Å². The van der Waals surface area contributed by atoms with Crippen molar-refractivity contribution in [2.45, 2.75) is 6.42 Å². The maximum atomic E-state index is 11.8. The first-order chi connectivity index (χ1) is 7.59. The van der Waals surface area contributed by atoms with Crippen LogP contribution in [0.15, 0.2) is 22.7 Å². The average molecular weight is 301 g/mol. The Morgan fingerprint density at radius 2 is 1.88 bits per heavy atom. The lowest BCUT2D eigenvalue weighted by molar-refractivity contribution is -0.123. The lowest BCUT2D eigenvalue weighted by Crippen LogP contribution is -2.33. The van der Waals surface area contributed by atoms with Crippen molar-refractivity contribution < 1.29 is 9.59 Å². The Morgan fingerprint density at radius 3 is 2.44 bits per heavy atom. The molecule has 0 aromatic heterocycles. The summed E-state index contributed by atoms with van der Waals surface area (Å²) in [5.74, 6) is -0.318. The molecule has 1 heterocycles. The second-order valence-electron chi connectivity index (χ2n) is 4.06. The molecule has 1 aromatic rings. The minimum absolute atomic E-state index is 0.0740. The number of anilines is 1. The highest BCUT2D eigenvalue weighted by atomic mass is 79.9. The number of benzene rings is 1. The lowest BCUT2D eigenvalue weighted by Gasteiger charge is -2.17. The molecular formula is C11H7BrClNO2. The molecule has 1 aromatic carbocycles. The van der Waals surface area contributed by atoms with Crippen LogP contribution < -0.4 is 4.90 Å². The summed E-state index contributed by atoms with van der Waals surface area (Å²) >= 11 is 9.13. The predicted octanol–water partition coefficient (Wildman–Crippen LogP) is 2.61.